The summed E-state index contributed by atoms with van der Waals surface area (Å²) in [5.74, 6) is 0.751. The molecule has 0 spiro atoms. The van der Waals surface area contributed by atoms with Gasteiger partial charge in [0.25, 0.3) is 0 Å². The molecule has 0 aliphatic heterocycles. The lowest BCUT2D eigenvalue weighted by molar-refractivity contribution is -0.122. The minimum Gasteiger partial charge on any atom is -0.488 e. The highest BCUT2D eigenvalue weighted by Crippen LogP contribution is 2.28. The first-order valence-electron chi connectivity index (χ1n) is 6.20. The molecule has 96 valence electrons. The summed E-state index contributed by atoms with van der Waals surface area (Å²) in [5.41, 5.74) is 0.656. The van der Waals surface area contributed by atoms with Crippen LogP contribution in [0.3, 0.4) is 0 Å². The van der Waals surface area contributed by atoms with Gasteiger partial charge in [0.1, 0.15) is 17.6 Å². The maximum Gasteiger partial charge on any atom is 0.221 e. The van der Waals surface area contributed by atoms with E-state index < -0.39 is 0 Å². The van der Waals surface area contributed by atoms with Crippen LogP contribution in [0.25, 0.3) is 0 Å². The third-order valence-electron chi connectivity index (χ3n) is 2.93. The summed E-state index contributed by atoms with van der Waals surface area (Å²) in [6.45, 7) is 1.46. The topological polar surface area (TPSA) is 55.4 Å². The van der Waals surface area contributed by atoms with Crippen molar-refractivity contribution in [3.8, 4) is 5.75 Å². The molecule has 1 aliphatic carbocycles. The van der Waals surface area contributed by atoms with E-state index in [9.17, 15) is 9.59 Å². The summed E-state index contributed by atoms with van der Waals surface area (Å²) in [5, 5.41) is 2.73. The van der Waals surface area contributed by atoms with Gasteiger partial charge in [-0.1, -0.05) is 12.1 Å². The fourth-order valence-corrected chi connectivity index (χ4v) is 2.13. The second-order valence-corrected chi connectivity index (χ2v) is 4.55. The Morgan fingerprint density at radius 1 is 1.39 bits per heavy atom. The fourth-order valence-electron chi connectivity index (χ4n) is 2.13. The van der Waals surface area contributed by atoms with Gasteiger partial charge in [-0.05, 0) is 25.0 Å². The van der Waals surface area contributed by atoms with Gasteiger partial charge in [-0.2, -0.15) is 0 Å². The number of para-hydroxylation sites is 2. The van der Waals surface area contributed by atoms with E-state index in [0.29, 0.717) is 24.3 Å². The summed E-state index contributed by atoms with van der Waals surface area (Å²) < 4.78 is 5.82. The van der Waals surface area contributed by atoms with Gasteiger partial charge in [0.05, 0.1) is 5.69 Å². The van der Waals surface area contributed by atoms with Crippen LogP contribution in [-0.2, 0) is 9.59 Å². The van der Waals surface area contributed by atoms with Gasteiger partial charge in [0.2, 0.25) is 5.91 Å². The molecule has 0 radical (unpaired) electrons. The van der Waals surface area contributed by atoms with Crippen molar-refractivity contribution in [3.63, 3.8) is 0 Å². The number of nitrogens with one attached hydrogen (secondary N) is 1. The third-order valence-corrected chi connectivity index (χ3v) is 2.93. The summed E-state index contributed by atoms with van der Waals surface area (Å²) in [6.07, 6.45) is 2.83. The van der Waals surface area contributed by atoms with E-state index in [1.807, 2.05) is 18.2 Å². The number of amides is 1. The van der Waals surface area contributed by atoms with Gasteiger partial charge in [-0.25, -0.2) is 0 Å². The van der Waals surface area contributed by atoms with Crippen LogP contribution in [0, 0.1) is 0 Å². The van der Waals surface area contributed by atoms with Crippen LogP contribution in [0.4, 0.5) is 5.69 Å². The van der Waals surface area contributed by atoms with Crippen molar-refractivity contribution in [2.24, 2.45) is 0 Å². The monoisotopic (exact) mass is 247 g/mol. The van der Waals surface area contributed by atoms with E-state index >= 15 is 0 Å². The molecule has 1 unspecified atom stereocenters. The molecule has 1 aromatic rings. The Kier molecular flexibility index (Phi) is 3.97. The molecule has 0 bridgehead atoms. The van der Waals surface area contributed by atoms with Crippen LogP contribution in [0.15, 0.2) is 24.3 Å². The molecule has 1 N–H and O–H groups in total. The first-order chi connectivity index (χ1) is 8.65. The van der Waals surface area contributed by atoms with Crippen molar-refractivity contribution < 1.29 is 14.3 Å². The van der Waals surface area contributed by atoms with Gasteiger partial charge in [-0.3, -0.25) is 9.59 Å². The normalized spacial score (nSPS) is 19.4. The molecular formula is C14H17NO3. The van der Waals surface area contributed by atoms with Crippen molar-refractivity contribution in [2.75, 3.05) is 5.32 Å². The molecule has 4 heteroatoms. The largest absolute Gasteiger partial charge is 0.488 e. The number of benzene rings is 1. The molecule has 2 rings (SSSR count). The summed E-state index contributed by atoms with van der Waals surface area (Å²) in [7, 11) is 0. The lowest BCUT2D eigenvalue weighted by atomic mass is 9.96. The Bertz CT molecular complexity index is 456. The maximum absolute atomic E-state index is 11.4. The number of rotatable bonds is 3. The summed E-state index contributed by atoms with van der Waals surface area (Å²) in [6, 6.07) is 7.29. The Morgan fingerprint density at radius 2 is 2.17 bits per heavy atom. The van der Waals surface area contributed by atoms with Gasteiger partial charge < -0.3 is 10.1 Å². The first kappa shape index (κ1) is 12.6. The minimum atomic E-state index is -0.134. The molecular weight excluding hydrogens is 230 g/mol. The van der Waals surface area contributed by atoms with Crippen LogP contribution >= 0.6 is 0 Å². The Labute approximate surface area is 106 Å². The minimum absolute atomic E-state index is 0.0684. The number of ether oxygens (including phenoxy) is 1. The van der Waals surface area contributed by atoms with Gasteiger partial charge in [0.15, 0.2) is 0 Å². The molecule has 1 amide bonds. The molecule has 0 aromatic heterocycles. The Hall–Kier alpha value is -1.84. The molecule has 1 fully saturated rings. The van der Waals surface area contributed by atoms with E-state index in [1.54, 1.807) is 6.07 Å². The zero-order valence-corrected chi connectivity index (χ0v) is 10.4. The van der Waals surface area contributed by atoms with Crippen molar-refractivity contribution in [2.45, 2.75) is 38.7 Å². The van der Waals surface area contributed by atoms with E-state index in [2.05, 4.69) is 5.32 Å². The smallest absolute Gasteiger partial charge is 0.221 e. The molecule has 1 aliphatic rings. The highest BCUT2D eigenvalue weighted by Gasteiger charge is 2.21. The first-order valence-corrected chi connectivity index (χ1v) is 6.20. The van der Waals surface area contributed by atoms with Gasteiger partial charge in [-0.15, -0.1) is 0 Å². The molecule has 0 heterocycles. The molecule has 18 heavy (non-hydrogen) atoms. The van der Waals surface area contributed by atoms with Crippen LogP contribution in [-0.4, -0.2) is 17.8 Å². The van der Waals surface area contributed by atoms with E-state index in [0.717, 1.165) is 12.8 Å². The van der Waals surface area contributed by atoms with E-state index in [-0.39, 0.29) is 17.8 Å². The molecule has 4 nitrogen and oxygen atoms in total. The predicted octanol–water partition coefficient (Wildman–Crippen LogP) is 2.54. The molecule has 1 atom stereocenters. The Balaban J connectivity index is 2.08. The number of hydrogen-bond donors (Lipinski definition) is 1. The van der Waals surface area contributed by atoms with Crippen molar-refractivity contribution in [1.82, 2.24) is 0 Å². The predicted molar refractivity (Wildman–Crippen MR) is 68.6 cm³/mol. The Morgan fingerprint density at radius 3 is 2.89 bits per heavy atom. The maximum atomic E-state index is 11.4. The zero-order valence-electron chi connectivity index (χ0n) is 10.4. The number of Topliss-reactive ketones (excluding diaryl/α,β-unsaturated/α-hetero) is 1. The third kappa shape index (κ3) is 3.32. The molecule has 0 saturated heterocycles. The van der Waals surface area contributed by atoms with E-state index in [4.69, 9.17) is 4.74 Å². The summed E-state index contributed by atoms with van der Waals surface area (Å²) in [4.78, 5) is 22.5. The standard InChI is InChI=1S/C14H17NO3/c1-10(16)15-13-7-2-3-8-14(13)18-12-6-4-5-11(17)9-12/h2-3,7-8,12H,4-6,9H2,1H3,(H,15,16). The van der Waals surface area contributed by atoms with Crippen LogP contribution < -0.4 is 10.1 Å². The van der Waals surface area contributed by atoms with Crippen molar-refractivity contribution in [3.05, 3.63) is 24.3 Å². The number of ketones is 1. The average molecular weight is 247 g/mol. The SMILES string of the molecule is CC(=O)Nc1ccccc1OC1CCCC(=O)C1. The van der Waals surface area contributed by atoms with Crippen molar-refractivity contribution >= 4 is 17.4 Å². The number of carbonyl (C=O) groups excluding carboxylic acids is 2. The molecule has 1 aromatic carbocycles. The van der Waals surface area contributed by atoms with Gasteiger partial charge >= 0.3 is 0 Å². The highest BCUT2D eigenvalue weighted by molar-refractivity contribution is 5.90. The average Bonchev–Trinajstić information content (AvgIpc) is 2.31. The fraction of sp³-hybridized carbons (Fsp3) is 0.429. The lowest BCUT2D eigenvalue weighted by Gasteiger charge is -2.23. The van der Waals surface area contributed by atoms with Crippen LogP contribution in [0.1, 0.15) is 32.6 Å². The van der Waals surface area contributed by atoms with Gasteiger partial charge in [0, 0.05) is 19.8 Å². The summed E-state index contributed by atoms with van der Waals surface area (Å²) >= 11 is 0. The second kappa shape index (κ2) is 5.67. The van der Waals surface area contributed by atoms with Crippen molar-refractivity contribution in [1.29, 1.82) is 0 Å². The number of hydrogen-bond acceptors (Lipinski definition) is 3. The highest BCUT2D eigenvalue weighted by atomic mass is 16.5. The second-order valence-electron chi connectivity index (χ2n) is 4.55. The van der Waals surface area contributed by atoms with E-state index in [1.165, 1.54) is 6.92 Å². The quantitative estimate of drug-likeness (QED) is 0.893. The lowest BCUT2D eigenvalue weighted by Crippen LogP contribution is -2.25. The number of carbonyl (C=O) groups is 2. The molecule has 1 saturated carbocycles. The van der Waals surface area contributed by atoms with Crippen LogP contribution in [0.5, 0.6) is 5.75 Å². The zero-order chi connectivity index (χ0) is 13.0. The van der Waals surface area contributed by atoms with Crippen LogP contribution in [0.2, 0.25) is 0 Å². The number of anilines is 1.